The molecule has 0 aromatic carbocycles. The Labute approximate surface area is 118 Å². The highest BCUT2D eigenvalue weighted by molar-refractivity contribution is 7.11. The Morgan fingerprint density at radius 2 is 1.89 bits per heavy atom. The number of hydrogen-bond donors (Lipinski definition) is 0. The predicted octanol–water partition coefficient (Wildman–Crippen LogP) is 3.13. The number of ketones is 3. The van der Waals surface area contributed by atoms with E-state index < -0.39 is 11.6 Å². The maximum absolute atomic E-state index is 12.0. The molecule has 2 rings (SSSR count). The molecular weight excluding hydrogens is 280 g/mol. The fourth-order valence-corrected chi connectivity index (χ4v) is 3.39. The summed E-state index contributed by atoms with van der Waals surface area (Å²) < 4.78 is 0. The lowest BCUT2D eigenvalue weighted by Gasteiger charge is -2.01. The minimum Gasteiger partial charge on any atom is -0.294 e. The Balaban J connectivity index is 2.13. The molecule has 2 aromatic heterocycles. The van der Waals surface area contributed by atoms with Gasteiger partial charge in [0.15, 0.2) is 11.6 Å². The van der Waals surface area contributed by atoms with Gasteiger partial charge in [-0.2, -0.15) is 0 Å². The van der Waals surface area contributed by atoms with Gasteiger partial charge in [-0.1, -0.05) is 6.07 Å². The average molecular weight is 292 g/mol. The van der Waals surface area contributed by atoms with Gasteiger partial charge in [-0.3, -0.25) is 14.4 Å². The average Bonchev–Trinajstić information content (AvgIpc) is 3.00. The van der Waals surface area contributed by atoms with Crippen molar-refractivity contribution in [2.75, 3.05) is 0 Å². The quantitative estimate of drug-likeness (QED) is 0.467. The minimum absolute atomic E-state index is 0.270. The molecule has 0 saturated heterocycles. The van der Waals surface area contributed by atoms with Gasteiger partial charge in [0.25, 0.3) is 0 Å². The highest BCUT2D eigenvalue weighted by Gasteiger charge is 2.19. The molecule has 0 radical (unpaired) electrons. The van der Waals surface area contributed by atoms with Crippen molar-refractivity contribution < 1.29 is 14.4 Å². The van der Waals surface area contributed by atoms with Crippen LogP contribution < -0.4 is 0 Å². The third-order valence-electron chi connectivity index (χ3n) is 2.67. The fourth-order valence-electron chi connectivity index (χ4n) is 1.66. The van der Waals surface area contributed by atoms with Gasteiger partial charge in [0, 0.05) is 28.7 Å². The lowest BCUT2D eigenvalue weighted by Crippen LogP contribution is -2.15. The molecule has 0 amide bonds. The normalized spacial score (nSPS) is 10.4. The lowest BCUT2D eigenvalue weighted by molar-refractivity contribution is -0.134. The van der Waals surface area contributed by atoms with E-state index in [1.165, 1.54) is 23.1 Å². The van der Waals surface area contributed by atoms with Crippen molar-refractivity contribution >= 4 is 40.0 Å². The maximum Gasteiger partial charge on any atom is 0.205 e. The van der Waals surface area contributed by atoms with E-state index in [-0.39, 0.29) is 12.2 Å². The number of Topliss-reactive ketones (excluding diaryl/α,β-unsaturated/α-hetero) is 3. The zero-order valence-electron chi connectivity index (χ0n) is 10.3. The highest BCUT2D eigenvalue weighted by atomic mass is 32.1. The topological polar surface area (TPSA) is 51.2 Å². The van der Waals surface area contributed by atoms with E-state index in [9.17, 15) is 14.4 Å². The Bertz CT molecular complexity index is 608. The van der Waals surface area contributed by atoms with Crippen LogP contribution in [0.25, 0.3) is 0 Å². The van der Waals surface area contributed by atoms with Crippen LogP contribution in [-0.4, -0.2) is 17.3 Å². The first-order valence-corrected chi connectivity index (χ1v) is 7.49. The Morgan fingerprint density at radius 1 is 1.11 bits per heavy atom. The van der Waals surface area contributed by atoms with Crippen LogP contribution >= 0.6 is 22.7 Å². The smallest absolute Gasteiger partial charge is 0.205 e. The van der Waals surface area contributed by atoms with Gasteiger partial charge in [0.2, 0.25) is 5.78 Å². The SMILES string of the molecule is CC(=O)C(=O)CC(=O)c1ccsc1Cc1cccs1. The molecule has 0 atom stereocenters. The van der Waals surface area contributed by atoms with Crippen LogP contribution in [0.15, 0.2) is 29.0 Å². The third-order valence-corrected chi connectivity index (χ3v) is 4.47. The summed E-state index contributed by atoms with van der Waals surface area (Å²) >= 11 is 3.14. The molecule has 0 fully saturated rings. The zero-order chi connectivity index (χ0) is 13.8. The van der Waals surface area contributed by atoms with Crippen molar-refractivity contribution in [2.24, 2.45) is 0 Å². The molecule has 0 aliphatic rings. The molecule has 2 heterocycles. The molecule has 2 aromatic rings. The van der Waals surface area contributed by atoms with Crippen LogP contribution in [0.1, 0.15) is 33.5 Å². The first-order chi connectivity index (χ1) is 9.08. The second kappa shape index (κ2) is 6.04. The Hall–Kier alpha value is -1.59. The standard InChI is InChI=1S/C14H12O3S2/c1-9(15)12(16)8-13(17)11-4-6-19-14(11)7-10-3-2-5-18-10/h2-6H,7-8H2,1H3. The number of thiophene rings is 2. The summed E-state index contributed by atoms with van der Waals surface area (Å²) in [5.74, 6) is -1.46. The van der Waals surface area contributed by atoms with Gasteiger partial charge in [0.1, 0.15) is 0 Å². The molecule has 5 heteroatoms. The van der Waals surface area contributed by atoms with Crippen LogP contribution in [0.5, 0.6) is 0 Å². The van der Waals surface area contributed by atoms with Gasteiger partial charge in [-0.25, -0.2) is 0 Å². The van der Waals surface area contributed by atoms with Crippen molar-refractivity contribution in [1.29, 1.82) is 0 Å². The van der Waals surface area contributed by atoms with Crippen molar-refractivity contribution in [1.82, 2.24) is 0 Å². The molecule has 0 unspecified atom stereocenters. The zero-order valence-corrected chi connectivity index (χ0v) is 12.0. The summed E-state index contributed by atoms with van der Waals surface area (Å²) in [7, 11) is 0. The van der Waals surface area contributed by atoms with Gasteiger partial charge < -0.3 is 0 Å². The number of carbonyl (C=O) groups excluding carboxylic acids is 3. The van der Waals surface area contributed by atoms with Crippen molar-refractivity contribution in [3.05, 3.63) is 44.3 Å². The summed E-state index contributed by atoms with van der Waals surface area (Å²) in [5, 5.41) is 3.83. The van der Waals surface area contributed by atoms with Crippen LogP contribution in [0.4, 0.5) is 0 Å². The molecule has 19 heavy (non-hydrogen) atoms. The molecule has 0 saturated carbocycles. The van der Waals surface area contributed by atoms with Gasteiger partial charge in [-0.05, 0) is 22.9 Å². The van der Waals surface area contributed by atoms with Crippen molar-refractivity contribution in [3.63, 3.8) is 0 Å². The van der Waals surface area contributed by atoms with Crippen LogP contribution in [-0.2, 0) is 16.0 Å². The maximum atomic E-state index is 12.0. The minimum atomic E-state index is -0.627. The van der Waals surface area contributed by atoms with E-state index >= 15 is 0 Å². The molecule has 0 spiro atoms. The summed E-state index contributed by atoms with van der Waals surface area (Å²) in [4.78, 5) is 36.3. The number of carbonyl (C=O) groups is 3. The summed E-state index contributed by atoms with van der Waals surface area (Å²) in [5.41, 5.74) is 0.563. The lowest BCUT2D eigenvalue weighted by atomic mass is 10.0. The summed E-state index contributed by atoms with van der Waals surface area (Å²) in [6.07, 6.45) is 0.369. The Kier molecular flexibility index (Phi) is 4.39. The molecule has 0 aliphatic carbocycles. The van der Waals surface area contributed by atoms with Gasteiger partial charge in [0.05, 0.1) is 6.42 Å². The van der Waals surface area contributed by atoms with E-state index in [0.29, 0.717) is 12.0 Å². The fraction of sp³-hybridized carbons (Fsp3) is 0.214. The van der Waals surface area contributed by atoms with E-state index in [1.54, 1.807) is 17.4 Å². The van der Waals surface area contributed by atoms with Crippen LogP contribution in [0.2, 0.25) is 0 Å². The van der Waals surface area contributed by atoms with E-state index in [4.69, 9.17) is 0 Å². The molecular formula is C14H12O3S2. The molecule has 98 valence electrons. The molecule has 0 bridgehead atoms. The molecule has 3 nitrogen and oxygen atoms in total. The van der Waals surface area contributed by atoms with Gasteiger partial charge >= 0.3 is 0 Å². The largest absolute Gasteiger partial charge is 0.294 e. The predicted molar refractivity (Wildman–Crippen MR) is 76.1 cm³/mol. The highest BCUT2D eigenvalue weighted by Crippen LogP contribution is 2.24. The number of rotatable bonds is 6. The second-order valence-corrected chi connectivity index (χ2v) is 6.13. The molecule has 0 N–H and O–H groups in total. The first-order valence-electron chi connectivity index (χ1n) is 5.73. The molecule has 0 aliphatic heterocycles. The van der Waals surface area contributed by atoms with E-state index in [2.05, 4.69) is 0 Å². The summed E-state index contributed by atoms with van der Waals surface area (Å²) in [6.45, 7) is 1.19. The van der Waals surface area contributed by atoms with Gasteiger partial charge in [-0.15, -0.1) is 22.7 Å². The third kappa shape index (κ3) is 3.45. The van der Waals surface area contributed by atoms with Crippen LogP contribution in [0, 0.1) is 0 Å². The Morgan fingerprint density at radius 3 is 2.53 bits per heavy atom. The number of hydrogen-bond acceptors (Lipinski definition) is 5. The summed E-state index contributed by atoms with van der Waals surface area (Å²) in [6, 6.07) is 5.71. The first kappa shape index (κ1) is 13.8. The van der Waals surface area contributed by atoms with Crippen molar-refractivity contribution in [2.45, 2.75) is 19.8 Å². The van der Waals surface area contributed by atoms with E-state index in [0.717, 1.165) is 4.88 Å². The van der Waals surface area contributed by atoms with E-state index in [1.807, 2.05) is 22.9 Å². The second-order valence-electron chi connectivity index (χ2n) is 4.09. The van der Waals surface area contributed by atoms with Crippen LogP contribution in [0.3, 0.4) is 0 Å². The monoisotopic (exact) mass is 292 g/mol. The van der Waals surface area contributed by atoms with Crippen molar-refractivity contribution in [3.8, 4) is 0 Å².